The molecule has 2 atom stereocenters. The highest BCUT2D eigenvalue weighted by Crippen LogP contribution is 2.49. The first-order valence-corrected chi connectivity index (χ1v) is 9.18. The van der Waals surface area contributed by atoms with Gasteiger partial charge >= 0.3 is 5.97 Å². The third-order valence-corrected chi connectivity index (χ3v) is 6.22. The molecule has 0 unspecified atom stereocenters. The number of fused-ring (bicyclic) bond motifs is 3. The molecule has 25 heavy (non-hydrogen) atoms. The van der Waals surface area contributed by atoms with Crippen molar-refractivity contribution in [1.29, 1.82) is 0 Å². The summed E-state index contributed by atoms with van der Waals surface area (Å²) in [6.45, 7) is 2.59. The van der Waals surface area contributed by atoms with E-state index in [2.05, 4.69) is 14.9 Å². The summed E-state index contributed by atoms with van der Waals surface area (Å²) in [5.41, 5.74) is 0. The topological polar surface area (TPSA) is 86.6 Å². The van der Waals surface area contributed by atoms with Gasteiger partial charge in [-0.15, -0.1) is 0 Å². The van der Waals surface area contributed by atoms with Crippen LogP contribution in [-0.2, 0) is 9.59 Å². The van der Waals surface area contributed by atoms with E-state index < -0.39 is 11.9 Å². The molecule has 1 amide bonds. The maximum absolute atomic E-state index is 13.1. The van der Waals surface area contributed by atoms with Gasteiger partial charge in [0, 0.05) is 38.6 Å². The SMILES string of the molecule is O=C(O)[C@H]1C2CCC(CC2)[C@H]1C(=O)N1CCN(c2ncccn2)CC1. The lowest BCUT2D eigenvalue weighted by Crippen LogP contribution is -2.56. The standard InChI is InChI=1S/C18H24N4O3/c23-16(14-12-2-4-13(5-3-12)15(14)17(24)25)21-8-10-22(11-9-21)18-19-6-1-7-20-18/h1,6-7,12-15H,2-5,8-11H2,(H,24,25)/t12?,13?,14-,15+/m1/s1. The minimum absolute atomic E-state index is 0.0513. The van der Waals surface area contributed by atoms with E-state index in [-0.39, 0.29) is 23.7 Å². The highest BCUT2D eigenvalue weighted by Gasteiger charge is 2.51. The third-order valence-electron chi connectivity index (χ3n) is 6.22. The molecule has 1 aliphatic heterocycles. The summed E-state index contributed by atoms with van der Waals surface area (Å²) < 4.78 is 0. The Labute approximate surface area is 147 Å². The van der Waals surface area contributed by atoms with Crippen LogP contribution >= 0.6 is 0 Å². The van der Waals surface area contributed by atoms with Crippen LogP contribution in [0.2, 0.25) is 0 Å². The fourth-order valence-electron chi connectivity index (χ4n) is 4.95. The summed E-state index contributed by atoms with van der Waals surface area (Å²) in [6.07, 6.45) is 7.37. The van der Waals surface area contributed by atoms with Gasteiger partial charge in [-0.2, -0.15) is 0 Å². The lowest BCUT2D eigenvalue weighted by molar-refractivity contribution is -0.162. The molecule has 4 aliphatic rings. The van der Waals surface area contributed by atoms with Crippen molar-refractivity contribution in [3.05, 3.63) is 18.5 Å². The number of nitrogens with zero attached hydrogens (tertiary/aromatic N) is 4. The van der Waals surface area contributed by atoms with Crippen LogP contribution in [0.4, 0.5) is 5.95 Å². The number of aromatic nitrogens is 2. The Balaban J connectivity index is 1.44. The van der Waals surface area contributed by atoms with E-state index in [0.29, 0.717) is 32.1 Å². The fraction of sp³-hybridized carbons (Fsp3) is 0.667. The number of carbonyl (C=O) groups is 2. The molecule has 1 aromatic rings. The number of amides is 1. The molecule has 1 N–H and O–H groups in total. The lowest BCUT2D eigenvalue weighted by Gasteiger charge is -2.48. The maximum atomic E-state index is 13.1. The van der Waals surface area contributed by atoms with Crippen molar-refractivity contribution < 1.29 is 14.7 Å². The fourth-order valence-corrected chi connectivity index (χ4v) is 4.95. The number of piperazine rings is 1. The van der Waals surface area contributed by atoms with Gasteiger partial charge in [0.05, 0.1) is 11.8 Å². The van der Waals surface area contributed by atoms with Crippen molar-refractivity contribution in [1.82, 2.24) is 14.9 Å². The second-order valence-electron chi connectivity index (χ2n) is 7.43. The molecular weight excluding hydrogens is 320 g/mol. The molecule has 3 aliphatic carbocycles. The van der Waals surface area contributed by atoms with E-state index in [1.54, 1.807) is 18.5 Å². The molecule has 1 aromatic heterocycles. The van der Waals surface area contributed by atoms with Gasteiger partial charge in [0.15, 0.2) is 0 Å². The van der Waals surface area contributed by atoms with Crippen LogP contribution in [0.5, 0.6) is 0 Å². The smallest absolute Gasteiger partial charge is 0.307 e. The largest absolute Gasteiger partial charge is 0.481 e. The normalized spacial score (nSPS) is 31.8. The number of hydrogen-bond donors (Lipinski definition) is 1. The second-order valence-corrected chi connectivity index (χ2v) is 7.43. The van der Waals surface area contributed by atoms with E-state index in [9.17, 15) is 14.7 Å². The number of carboxylic acid groups (broad SMARTS) is 1. The molecular formula is C18H24N4O3. The van der Waals surface area contributed by atoms with Gasteiger partial charge in [-0.3, -0.25) is 9.59 Å². The Morgan fingerprint density at radius 2 is 1.48 bits per heavy atom. The van der Waals surface area contributed by atoms with Crippen LogP contribution in [0.15, 0.2) is 18.5 Å². The Hall–Kier alpha value is -2.18. The van der Waals surface area contributed by atoms with Gasteiger partial charge in [0.1, 0.15) is 0 Å². The summed E-state index contributed by atoms with van der Waals surface area (Å²) in [7, 11) is 0. The van der Waals surface area contributed by atoms with Crippen LogP contribution in [0, 0.1) is 23.7 Å². The predicted molar refractivity (Wildman–Crippen MR) is 90.9 cm³/mol. The molecule has 4 fully saturated rings. The Morgan fingerprint density at radius 1 is 0.920 bits per heavy atom. The summed E-state index contributed by atoms with van der Waals surface area (Å²) in [6, 6.07) is 1.79. The van der Waals surface area contributed by atoms with Crippen molar-refractivity contribution >= 4 is 17.8 Å². The zero-order valence-corrected chi connectivity index (χ0v) is 14.3. The molecule has 5 rings (SSSR count). The van der Waals surface area contributed by atoms with E-state index in [0.717, 1.165) is 25.7 Å². The van der Waals surface area contributed by atoms with Gasteiger partial charge in [0.25, 0.3) is 0 Å². The van der Waals surface area contributed by atoms with Crippen molar-refractivity contribution in [2.75, 3.05) is 31.1 Å². The van der Waals surface area contributed by atoms with Crippen LogP contribution in [0.1, 0.15) is 25.7 Å². The molecule has 7 heteroatoms. The molecule has 3 saturated carbocycles. The molecule has 134 valence electrons. The first-order valence-electron chi connectivity index (χ1n) is 9.18. The van der Waals surface area contributed by atoms with Gasteiger partial charge in [-0.05, 0) is 43.6 Å². The highest BCUT2D eigenvalue weighted by atomic mass is 16.4. The van der Waals surface area contributed by atoms with Crippen molar-refractivity contribution in [3.63, 3.8) is 0 Å². The number of hydrogen-bond acceptors (Lipinski definition) is 5. The molecule has 2 bridgehead atoms. The first kappa shape index (κ1) is 16.3. The minimum Gasteiger partial charge on any atom is -0.481 e. The number of carboxylic acids is 1. The third kappa shape index (κ3) is 2.96. The first-order chi connectivity index (χ1) is 12.1. The molecule has 0 radical (unpaired) electrons. The summed E-state index contributed by atoms with van der Waals surface area (Å²) in [5, 5.41) is 9.67. The molecule has 1 saturated heterocycles. The van der Waals surface area contributed by atoms with Gasteiger partial charge in [0.2, 0.25) is 11.9 Å². The number of carbonyl (C=O) groups excluding carboxylic acids is 1. The zero-order chi connectivity index (χ0) is 17.4. The van der Waals surface area contributed by atoms with Gasteiger partial charge < -0.3 is 14.9 Å². The van der Waals surface area contributed by atoms with E-state index in [1.807, 2.05) is 4.90 Å². The lowest BCUT2D eigenvalue weighted by atomic mass is 9.58. The average molecular weight is 344 g/mol. The summed E-state index contributed by atoms with van der Waals surface area (Å²) in [5.74, 6) is -0.446. The quantitative estimate of drug-likeness (QED) is 0.888. The predicted octanol–water partition coefficient (Wildman–Crippen LogP) is 1.26. The molecule has 0 aromatic carbocycles. The van der Waals surface area contributed by atoms with Crippen LogP contribution in [0.25, 0.3) is 0 Å². The van der Waals surface area contributed by atoms with Crippen molar-refractivity contribution in [2.24, 2.45) is 23.7 Å². The van der Waals surface area contributed by atoms with Crippen LogP contribution in [0.3, 0.4) is 0 Å². The van der Waals surface area contributed by atoms with Crippen molar-refractivity contribution in [3.8, 4) is 0 Å². The van der Waals surface area contributed by atoms with E-state index >= 15 is 0 Å². The van der Waals surface area contributed by atoms with E-state index in [4.69, 9.17) is 0 Å². The minimum atomic E-state index is -0.788. The van der Waals surface area contributed by atoms with E-state index in [1.165, 1.54) is 0 Å². The summed E-state index contributed by atoms with van der Waals surface area (Å²) in [4.78, 5) is 37.4. The molecule has 2 heterocycles. The highest BCUT2D eigenvalue weighted by molar-refractivity contribution is 5.86. The average Bonchev–Trinajstić information content (AvgIpc) is 2.68. The monoisotopic (exact) mass is 344 g/mol. The maximum Gasteiger partial charge on any atom is 0.307 e. The Kier molecular flexibility index (Phi) is 4.31. The van der Waals surface area contributed by atoms with Crippen LogP contribution < -0.4 is 4.90 Å². The summed E-state index contributed by atoms with van der Waals surface area (Å²) >= 11 is 0. The Bertz CT molecular complexity index is 637. The molecule has 0 spiro atoms. The van der Waals surface area contributed by atoms with Gasteiger partial charge in [-0.25, -0.2) is 9.97 Å². The zero-order valence-electron chi connectivity index (χ0n) is 14.3. The Morgan fingerprint density at radius 3 is 2.04 bits per heavy atom. The van der Waals surface area contributed by atoms with Crippen molar-refractivity contribution in [2.45, 2.75) is 25.7 Å². The van der Waals surface area contributed by atoms with Gasteiger partial charge in [-0.1, -0.05) is 0 Å². The molecule has 7 nitrogen and oxygen atoms in total. The number of anilines is 1. The second kappa shape index (κ2) is 6.61. The van der Waals surface area contributed by atoms with Crippen LogP contribution in [-0.4, -0.2) is 58.0 Å². The number of aliphatic carboxylic acids is 1. The number of rotatable bonds is 3.